The summed E-state index contributed by atoms with van der Waals surface area (Å²) in [4.78, 5) is 28.0. The van der Waals surface area contributed by atoms with Crippen LogP contribution in [0.2, 0.25) is 0 Å². The van der Waals surface area contributed by atoms with E-state index in [0.717, 1.165) is 5.57 Å². The van der Waals surface area contributed by atoms with Gasteiger partial charge in [-0.3, -0.25) is 20.1 Å². The quantitative estimate of drug-likeness (QED) is 0.645. The van der Waals surface area contributed by atoms with E-state index in [0.29, 0.717) is 26.9 Å². The van der Waals surface area contributed by atoms with Crippen molar-refractivity contribution in [3.8, 4) is 16.6 Å². The Morgan fingerprint density at radius 1 is 1.10 bits per heavy atom. The lowest BCUT2D eigenvalue weighted by Gasteiger charge is -2.07. The monoisotopic (exact) mass is 408 g/mol. The molecule has 1 aliphatic carbocycles. The number of hydrogen-bond acceptors (Lipinski definition) is 7. The van der Waals surface area contributed by atoms with Crippen LogP contribution in [0.1, 0.15) is 5.56 Å². The zero-order chi connectivity index (χ0) is 20.5. The standard InChI is InChI=1S/C20H16N4O4S/c1-27-15-8-3-11(10-16(15)28-2)9-14-17(21)24-20(22-18(14)26)29-19(23-24)12-4-6-13(25)7-5-12/h3-10,21,23H,1-2H3/b14-9+,21-17?. The maximum Gasteiger partial charge on any atom is 0.283 e. The summed E-state index contributed by atoms with van der Waals surface area (Å²) < 4.78 is 12.6. The summed E-state index contributed by atoms with van der Waals surface area (Å²) in [7, 11) is 3.07. The highest BCUT2D eigenvalue weighted by Gasteiger charge is 2.12. The maximum atomic E-state index is 12.5. The fraction of sp³-hybridized carbons (Fsp3) is 0.100. The number of carbonyl (C=O) groups is 1. The number of hydrogen-bond donors (Lipinski definition) is 2. The Hall–Kier alpha value is -3.72. The van der Waals surface area contributed by atoms with Crippen molar-refractivity contribution in [2.75, 3.05) is 14.2 Å². The number of nitrogens with one attached hydrogen (secondary N) is 2. The number of ketones is 1. The first-order valence-corrected chi connectivity index (χ1v) is 9.36. The molecule has 4 rings (SSSR count). The molecule has 0 unspecified atom stereocenters. The third-order valence-electron chi connectivity index (χ3n) is 4.34. The van der Waals surface area contributed by atoms with E-state index in [9.17, 15) is 9.59 Å². The van der Waals surface area contributed by atoms with Gasteiger partial charge in [0.05, 0.1) is 19.4 Å². The third-order valence-corrected chi connectivity index (χ3v) is 5.33. The van der Waals surface area contributed by atoms with Gasteiger partial charge in [0.25, 0.3) is 5.56 Å². The van der Waals surface area contributed by atoms with Crippen LogP contribution in [-0.4, -0.2) is 34.8 Å². The van der Waals surface area contributed by atoms with E-state index in [2.05, 4.69) is 10.1 Å². The molecule has 3 aliphatic rings. The summed E-state index contributed by atoms with van der Waals surface area (Å²) in [5.74, 6) is 1.00. The molecule has 0 saturated carbocycles. The van der Waals surface area contributed by atoms with Crippen LogP contribution in [0.3, 0.4) is 0 Å². The Bertz CT molecular complexity index is 1370. The van der Waals surface area contributed by atoms with Gasteiger partial charge in [-0.1, -0.05) is 17.4 Å². The SMILES string of the molecule is COc1ccc(/C=c2/c(=O)nc3sc(=C4C=CC(=O)C=C4)[nH]n-3c2=N)cc1OC. The first-order chi connectivity index (χ1) is 14.0. The topological polar surface area (TPSA) is 110 Å². The van der Waals surface area contributed by atoms with Crippen LogP contribution >= 0.6 is 11.3 Å². The molecule has 0 aromatic heterocycles. The molecule has 1 aromatic rings. The second-order valence-corrected chi connectivity index (χ2v) is 7.10. The average molecular weight is 408 g/mol. The van der Waals surface area contributed by atoms with Gasteiger partial charge in [0.15, 0.2) is 22.8 Å². The second-order valence-electron chi connectivity index (χ2n) is 6.12. The summed E-state index contributed by atoms with van der Waals surface area (Å²) in [5.41, 5.74) is 0.938. The van der Waals surface area contributed by atoms with E-state index in [1.54, 1.807) is 43.5 Å². The van der Waals surface area contributed by atoms with Gasteiger partial charge in [0.1, 0.15) is 4.66 Å². The minimum absolute atomic E-state index is 0.0160. The number of fused-ring (bicyclic) bond motifs is 1. The average Bonchev–Trinajstić information content (AvgIpc) is 3.15. The minimum atomic E-state index is -0.499. The number of aromatic amines is 1. The normalized spacial score (nSPS) is 14.1. The lowest BCUT2D eigenvalue weighted by molar-refractivity contribution is -0.110. The van der Waals surface area contributed by atoms with Gasteiger partial charge in [-0.25, -0.2) is 4.68 Å². The molecule has 8 nitrogen and oxygen atoms in total. The number of nitrogens with zero attached hydrogens (tertiary/aromatic N) is 2. The molecule has 0 radical (unpaired) electrons. The smallest absolute Gasteiger partial charge is 0.283 e. The van der Waals surface area contributed by atoms with Crippen LogP contribution in [0, 0.1) is 5.41 Å². The van der Waals surface area contributed by atoms with Crippen molar-refractivity contribution in [3.05, 3.63) is 73.8 Å². The van der Waals surface area contributed by atoms with E-state index >= 15 is 0 Å². The highest BCUT2D eigenvalue weighted by molar-refractivity contribution is 7.11. The van der Waals surface area contributed by atoms with Crippen LogP contribution in [0.5, 0.6) is 11.5 Å². The molecule has 2 heterocycles. The Kier molecular flexibility index (Phi) is 4.73. The zero-order valence-electron chi connectivity index (χ0n) is 15.6. The van der Waals surface area contributed by atoms with Gasteiger partial charge in [0.2, 0.25) is 5.13 Å². The number of benzene rings is 1. The Labute approximate surface area is 168 Å². The molecule has 0 spiro atoms. The highest BCUT2D eigenvalue weighted by Crippen LogP contribution is 2.27. The molecule has 0 fully saturated rings. The van der Waals surface area contributed by atoms with E-state index in [1.807, 2.05) is 0 Å². The molecule has 146 valence electrons. The number of aromatic nitrogens is 3. The molecule has 9 heteroatoms. The van der Waals surface area contributed by atoms with Crippen molar-refractivity contribution in [1.82, 2.24) is 14.8 Å². The molecule has 2 aliphatic heterocycles. The lowest BCUT2D eigenvalue weighted by atomic mass is 10.1. The molecular formula is C20H16N4O4S. The first-order valence-electron chi connectivity index (χ1n) is 8.55. The van der Waals surface area contributed by atoms with Gasteiger partial charge in [-0.2, -0.15) is 4.98 Å². The molecule has 0 amide bonds. The summed E-state index contributed by atoms with van der Waals surface area (Å²) in [6.45, 7) is 0. The molecule has 29 heavy (non-hydrogen) atoms. The number of rotatable bonds is 3. The number of ether oxygens (including phenoxy) is 2. The van der Waals surface area contributed by atoms with E-state index in [4.69, 9.17) is 14.9 Å². The highest BCUT2D eigenvalue weighted by atomic mass is 32.1. The Morgan fingerprint density at radius 3 is 2.52 bits per heavy atom. The minimum Gasteiger partial charge on any atom is -0.493 e. The van der Waals surface area contributed by atoms with Crippen LogP contribution in [0.25, 0.3) is 16.8 Å². The number of carbonyl (C=O) groups excluding carboxylic acids is 1. The van der Waals surface area contributed by atoms with E-state index in [1.165, 1.54) is 35.3 Å². The Morgan fingerprint density at radius 2 is 1.83 bits per heavy atom. The van der Waals surface area contributed by atoms with Crippen molar-refractivity contribution in [3.63, 3.8) is 0 Å². The van der Waals surface area contributed by atoms with Crippen molar-refractivity contribution < 1.29 is 14.3 Å². The molecule has 0 atom stereocenters. The Balaban J connectivity index is 1.92. The predicted octanol–water partition coefficient (Wildman–Crippen LogP) is 0.231. The number of H-pyrrole nitrogens is 1. The maximum absolute atomic E-state index is 12.5. The second kappa shape index (κ2) is 7.36. The van der Waals surface area contributed by atoms with Crippen molar-refractivity contribution >= 4 is 28.8 Å². The van der Waals surface area contributed by atoms with Crippen LogP contribution in [-0.2, 0) is 4.79 Å². The van der Waals surface area contributed by atoms with Crippen LogP contribution in [0.4, 0.5) is 0 Å². The van der Waals surface area contributed by atoms with E-state index in [-0.39, 0.29) is 16.5 Å². The van der Waals surface area contributed by atoms with Gasteiger partial charge in [0, 0.05) is 5.57 Å². The van der Waals surface area contributed by atoms with Crippen molar-refractivity contribution in [2.24, 2.45) is 0 Å². The summed E-state index contributed by atoms with van der Waals surface area (Å²) in [5, 5.41) is 12.1. The predicted molar refractivity (Wildman–Crippen MR) is 108 cm³/mol. The van der Waals surface area contributed by atoms with Gasteiger partial charge in [-0.15, -0.1) is 0 Å². The van der Waals surface area contributed by atoms with Crippen LogP contribution < -0.4 is 30.4 Å². The molecule has 1 aromatic carbocycles. The summed E-state index contributed by atoms with van der Waals surface area (Å²) in [6.07, 6.45) is 7.87. The van der Waals surface area contributed by atoms with Gasteiger partial charge < -0.3 is 9.47 Å². The molecule has 0 bridgehead atoms. The fourth-order valence-electron chi connectivity index (χ4n) is 2.87. The molecular weight excluding hydrogens is 392 g/mol. The van der Waals surface area contributed by atoms with E-state index < -0.39 is 5.56 Å². The number of allylic oxidation sites excluding steroid dienone is 4. The largest absolute Gasteiger partial charge is 0.493 e. The van der Waals surface area contributed by atoms with Gasteiger partial charge >= 0.3 is 0 Å². The summed E-state index contributed by atoms with van der Waals surface area (Å²) >= 11 is 1.23. The fourth-order valence-corrected chi connectivity index (χ4v) is 3.80. The number of methoxy groups -OCH3 is 2. The zero-order valence-corrected chi connectivity index (χ0v) is 16.4. The van der Waals surface area contributed by atoms with Gasteiger partial charge in [-0.05, 0) is 48.1 Å². The molecule has 2 N–H and O–H groups in total. The lowest BCUT2D eigenvalue weighted by Crippen LogP contribution is -2.47. The van der Waals surface area contributed by atoms with Crippen LogP contribution in [0.15, 0.2) is 47.3 Å². The summed E-state index contributed by atoms with van der Waals surface area (Å²) in [6, 6.07) is 5.22. The van der Waals surface area contributed by atoms with Crippen molar-refractivity contribution in [1.29, 1.82) is 5.41 Å². The third kappa shape index (κ3) is 3.43. The van der Waals surface area contributed by atoms with Crippen molar-refractivity contribution in [2.45, 2.75) is 0 Å². The first kappa shape index (κ1) is 18.6. The molecule has 0 saturated heterocycles.